The second-order valence-corrected chi connectivity index (χ2v) is 6.45. The fraction of sp³-hybridized carbons (Fsp3) is 0.250. The smallest absolute Gasteiger partial charge is 1.00 e. The first-order valence-electron chi connectivity index (χ1n) is 7.40. The van der Waals surface area contributed by atoms with Gasteiger partial charge < -0.3 is 27.5 Å². The molecule has 2 aromatic heterocycles. The van der Waals surface area contributed by atoms with Crippen LogP contribution < -0.4 is 14.2 Å². The molecule has 8 nitrogen and oxygen atoms in total. The van der Waals surface area contributed by atoms with Crippen LogP contribution in [0.5, 0.6) is 17.2 Å². The molecule has 0 aliphatic rings. The third kappa shape index (κ3) is 5.28. The molecule has 0 spiro atoms. The number of halogens is 2. The van der Waals surface area contributed by atoms with Crippen molar-refractivity contribution in [3.8, 4) is 17.2 Å². The molecule has 12 heteroatoms. The predicted octanol–water partition coefficient (Wildman–Crippen LogP) is 1.90. The van der Waals surface area contributed by atoms with Crippen LogP contribution in [0.3, 0.4) is 0 Å². The summed E-state index contributed by atoms with van der Waals surface area (Å²) in [5.74, 6) is 0.908. The number of alkyl halides is 2. The van der Waals surface area contributed by atoms with E-state index in [1.54, 1.807) is 6.07 Å². The molecule has 0 saturated carbocycles. The molecule has 1 aromatic carbocycles. The van der Waals surface area contributed by atoms with Crippen molar-refractivity contribution in [1.29, 1.82) is 0 Å². The van der Waals surface area contributed by atoms with Gasteiger partial charge in [-0.05, 0) is 12.1 Å². The van der Waals surface area contributed by atoms with Gasteiger partial charge in [-0.2, -0.15) is 8.78 Å². The Hall–Kier alpha value is -2.02. The zero-order chi connectivity index (χ0) is 18.7. The Morgan fingerprint density at radius 3 is 2.64 bits per heavy atom. The van der Waals surface area contributed by atoms with Gasteiger partial charge in [0.05, 0.1) is 47.5 Å². The van der Waals surface area contributed by atoms with Gasteiger partial charge in [0.15, 0.2) is 16.7 Å². The molecule has 0 fully saturated rings. The van der Waals surface area contributed by atoms with E-state index in [0.717, 1.165) is 0 Å². The topological polar surface area (TPSA) is 118 Å². The van der Waals surface area contributed by atoms with Gasteiger partial charge in [0, 0.05) is 18.3 Å². The third-order valence-electron chi connectivity index (χ3n) is 3.51. The Morgan fingerprint density at radius 2 is 2.00 bits per heavy atom. The minimum Gasteiger partial charge on any atom is -1.00 e. The van der Waals surface area contributed by atoms with E-state index in [-0.39, 0.29) is 48.0 Å². The summed E-state index contributed by atoms with van der Waals surface area (Å²) in [6.07, 6.45) is 1.53. The van der Waals surface area contributed by atoms with Crippen molar-refractivity contribution in [1.82, 2.24) is 15.0 Å². The molecule has 3 aromatic rings. The van der Waals surface area contributed by atoms with E-state index in [0.29, 0.717) is 28.2 Å². The molecular weight excluding hydrogens is 409 g/mol. The number of ether oxygens (including phenoxy) is 3. The normalized spacial score (nSPS) is 11.5. The molecule has 28 heavy (non-hydrogen) atoms. The number of benzene rings is 1. The number of hydrogen-bond acceptors (Lipinski definition) is 6. The van der Waals surface area contributed by atoms with Crippen LogP contribution in [0.15, 0.2) is 35.6 Å². The Balaban J connectivity index is 0. The molecule has 0 radical (unpaired) electrons. The Kier molecular flexibility index (Phi) is 9.01. The number of imidazole rings is 1. The number of nitrogens with one attached hydrogen (secondary N) is 1. The van der Waals surface area contributed by atoms with Crippen molar-refractivity contribution >= 4 is 44.9 Å². The summed E-state index contributed by atoms with van der Waals surface area (Å²) in [7, 11) is 1.41. The second kappa shape index (κ2) is 10.5. The number of pyridine rings is 1. The van der Waals surface area contributed by atoms with Crippen molar-refractivity contribution in [2.24, 2.45) is 0 Å². The summed E-state index contributed by atoms with van der Waals surface area (Å²) >= 11 is 0. The second-order valence-electron chi connectivity index (χ2n) is 5.08. The maximum absolute atomic E-state index is 12.6. The number of methoxy groups -OCH3 is 2. The minimum absolute atomic E-state index is 0. The van der Waals surface area contributed by atoms with E-state index in [2.05, 4.69) is 19.7 Å². The zero-order valence-corrected chi connectivity index (χ0v) is 17.3. The van der Waals surface area contributed by atoms with Crippen LogP contribution in [0.4, 0.5) is 8.78 Å². The fourth-order valence-corrected chi connectivity index (χ4v) is 3.41. The van der Waals surface area contributed by atoms with Crippen LogP contribution in [0.1, 0.15) is 8.55 Å². The summed E-state index contributed by atoms with van der Waals surface area (Å²) in [6, 6.07) is 5.89. The van der Waals surface area contributed by atoms with E-state index in [4.69, 9.17) is 9.47 Å². The minimum atomic E-state index is -2.92. The number of fused-ring (bicyclic) bond motifs is 1. The maximum Gasteiger partial charge on any atom is 2.00 e. The molecule has 1 unspecified atom stereocenters. The summed E-state index contributed by atoms with van der Waals surface area (Å²) in [5.41, 5.74) is 1.38. The van der Waals surface area contributed by atoms with Gasteiger partial charge in [0.25, 0.3) is 0 Å². The number of rotatable bonds is 7. The molecular formula is C16H19F2MgN3O5S. The summed E-state index contributed by atoms with van der Waals surface area (Å²) < 4.78 is 52.1. The maximum atomic E-state index is 12.6. The van der Waals surface area contributed by atoms with Crippen LogP contribution >= 0.6 is 0 Å². The summed E-state index contributed by atoms with van der Waals surface area (Å²) in [5, 5.41) is 0.195. The van der Waals surface area contributed by atoms with Gasteiger partial charge >= 0.3 is 29.7 Å². The van der Waals surface area contributed by atoms with Crippen molar-refractivity contribution < 1.29 is 35.5 Å². The van der Waals surface area contributed by atoms with Crippen molar-refractivity contribution in [3.63, 3.8) is 0 Å². The van der Waals surface area contributed by atoms with Crippen LogP contribution in [-0.4, -0.2) is 68.5 Å². The average Bonchev–Trinajstić information content (AvgIpc) is 3.04. The standard InChI is InChI=1S/C16H15F2N3O4S.Mg.H2O.2H/c1-23-13-5-6-19-12(14(13)24-2)8-26(22)16-20-10-4-3-9(25-15(17)18)7-11(10)21-16;;;;/h3-7,15H,8H2,1-2H3,(H,20,21);;1H2;;/q;+2;;2*-1. The molecule has 0 aliphatic carbocycles. The molecule has 3 N–H and O–H groups in total. The first kappa shape index (κ1) is 24.0. The van der Waals surface area contributed by atoms with Gasteiger partial charge in [-0.15, -0.1) is 0 Å². The summed E-state index contributed by atoms with van der Waals surface area (Å²) in [4.78, 5) is 11.3. The van der Waals surface area contributed by atoms with E-state index >= 15 is 0 Å². The fourth-order valence-electron chi connectivity index (χ4n) is 2.40. The van der Waals surface area contributed by atoms with Gasteiger partial charge in [-0.3, -0.25) is 9.19 Å². The molecule has 0 saturated heterocycles. The molecule has 3 rings (SSSR count). The predicted molar refractivity (Wildman–Crippen MR) is 102 cm³/mol. The van der Waals surface area contributed by atoms with Crippen LogP contribution in [0.2, 0.25) is 0 Å². The van der Waals surface area contributed by atoms with Gasteiger partial charge in [0.2, 0.25) is 0 Å². The molecule has 0 amide bonds. The largest absolute Gasteiger partial charge is 2.00 e. The average molecular weight is 428 g/mol. The van der Waals surface area contributed by atoms with Crippen molar-refractivity contribution in [2.75, 3.05) is 14.2 Å². The Bertz CT molecular complexity index is 968. The molecule has 0 aliphatic heterocycles. The zero-order valence-electron chi connectivity index (χ0n) is 17.1. The molecule has 2 heterocycles. The van der Waals surface area contributed by atoms with E-state index in [1.807, 2.05) is 0 Å². The van der Waals surface area contributed by atoms with Gasteiger partial charge in [0.1, 0.15) is 5.75 Å². The number of nitrogens with zero attached hydrogens (tertiary/aromatic N) is 2. The van der Waals surface area contributed by atoms with Gasteiger partial charge in [-0.25, -0.2) is 4.98 Å². The molecule has 0 bridgehead atoms. The number of aromatic amines is 1. The molecule has 150 valence electrons. The van der Waals surface area contributed by atoms with Crippen LogP contribution in [0.25, 0.3) is 11.0 Å². The number of H-pyrrole nitrogens is 1. The summed E-state index contributed by atoms with van der Waals surface area (Å²) in [6.45, 7) is -2.92. The monoisotopic (exact) mass is 427 g/mol. The van der Waals surface area contributed by atoms with E-state index < -0.39 is 17.4 Å². The first-order valence-corrected chi connectivity index (χ1v) is 8.72. The van der Waals surface area contributed by atoms with E-state index in [9.17, 15) is 13.0 Å². The van der Waals surface area contributed by atoms with Gasteiger partial charge in [-0.1, -0.05) is 0 Å². The molecule has 1 atom stereocenters. The number of hydrogen-bond donors (Lipinski definition) is 1. The third-order valence-corrected chi connectivity index (χ3v) is 4.67. The van der Waals surface area contributed by atoms with Crippen molar-refractivity contribution in [2.45, 2.75) is 17.5 Å². The number of aromatic nitrogens is 3. The quantitative estimate of drug-likeness (QED) is 0.575. The SMILES string of the molecule is COc1ccnc(CS(=O)c2nc3ccc(OC(F)F)cc3[nH]2)c1OC.O.[H-].[H-].[Mg+2]. The Morgan fingerprint density at radius 1 is 1.25 bits per heavy atom. The van der Waals surface area contributed by atoms with E-state index in [1.165, 1.54) is 38.6 Å². The van der Waals surface area contributed by atoms with Crippen LogP contribution in [0, 0.1) is 0 Å². The first-order chi connectivity index (χ1) is 12.5. The van der Waals surface area contributed by atoms with Crippen molar-refractivity contribution in [3.05, 3.63) is 36.2 Å². The van der Waals surface area contributed by atoms with Crippen LogP contribution in [-0.2, 0) is 16.6 Å². The Labute approximate surface area is 180 Å².